The summed E-state index contributed by atoms with van der Waals surface area (Å²) < 4.78 is 0. The Morgan fingerprint density at radius 1 is 1.53 bits per heavy atom. The molecule has 1 aromatic heterocycles. The first-order valence-electron chi connectivity index (χ1n) is 4.43. The average Bonchev–Trinajstić information content (AvgIpc) is 2.26. The maximum Gasteiger partial charge on any atom is 0.357 e. The van der Waals surface area contributed by atoms with E-state index in [1.807, 2.05) is 6.92 Å². The molecule has 6 heteroatoms. The van der Waals surface area contributed by atoms with Crippen LogP contribution in [-0.2, 0) is 0 Å². The third kappa shape index (κ3) is 3.49. The van der Waals surface area contributed by atoms with Gasteiger partial charge in [0.15, 0.2) is 5.69 Å². The number of thioether (sulfide) groups is 1. The van der Waals surface area contributed by atoms with Gasteiger partial charge in [-0.2, -0.15) is 0 Å². The van der Waals surface area contributed by atoms with E-state index < -0.39 is 5.97 Å². The largest absolute Gasteiger partial charge is 0.476 e. The van der Waals surface area contributed by atoms with E-state index in [1.165, 1.54) is 24.2 Å². The van der Waals surface area contributed by atoms with Crippen LogP contribution in [0.1, 0.15) is 17.4 Å². The lowest BCUT2D eigenvalue weighted by Gasteiger charge is -2.07. The molecule has 5 nitrogen and oxygen atoms in total. The summed E-state index contributed by atoms with van der Waals surface area (Å²) in [6.45, 7) is 1.96. The fourth-order valence-corrected chi connectivity index (χ4v) is 1.81. The van der Waals surface area contributed by atoms with Crippen molar-refractivity contribution < 1.29 is 15.0 Å². The molecule has 0 aliphatic rings. The van der Waals surface area contributed by atoms with Crippen molar-refractivity contribution in [1.29, 1.82) is 0 Å². The minimum Gasteiger partial charge on any atom is -0.476 e. The number of aromatic carboxylic acids is 1. The summed E-state index contributed by atoms with van der Waals surface area (Å²) in [6.07, 6.45) is 2.81. The molecule has 1 atom stereocenters. The normalized spacial score (nSPS) is 12.4. The summed E-state index contributed by atoms with van der Waals surface area (Å²) in [4.78, 5) is 18.5. The molecule has 0 bridgehead atoms. The number of aliphatic hydroxyl groups is 1. The first-order valence-corrected chi connectivity index (χ1v) is 5.41. The number of rotatable bonds is 5. The molecule has 0 aliphatic heterocycles. The van der Waals surface area contributed by atoms with Gasteiger partial charge in [-0.05, 0) is 5.92 Å². The Labute approximate surface area is 91.6 Å². The van der Waals surface area contributed by atoms with Crippen molar-refractivity contribution in [3.05, 3.63) is 18.1 Å². The van der Waals surface area contributed by atoms with E-state index in [4.69, 9.17) is 10.2 Å². The van der Waals surface area contributed by atoms with Gasteiger partial charge in [0.2, 0.25) is 0 Å². The van der Waals surface area contributed by atoms with Gasteiger partial charge < -0.3 is 10.2 Å². The van der Waals surface area contributed by atoms with Crippen molar-refractivity contribution in [2.45, 2.75) is 11.9 Å². The number of aromatic nitrogens is 2. The second-order valence-electron chi connectivity index (χ2n) is 3.11. The van der Waals surface area contributed by atoms with E-state index >= 15 is 0 Å². The molecule has 82 valence electrons. The standard InChI is InChI=1S/C9H12N2O3S/c1-6(4-12)5-15-8-7(9(13)14)10-2-3-11-8/h2-3,6,12H,4-5H2,1H3,(H,13,14). The van der Waals surface area contributed by atoms with Crippen molar-refractivity contribution in [3.8, 4) is 0 Å². The van der Waals surface area contributed by atoms with Crippen LogP contribution in [0.5, 0.6) is 0 Å². The van der Waals surface area contributed by atoms with E-state index in [0.717, 1.165) is 0 Å². The number of carbonyl (C=O) groups is 1. The highest BCUT2D eigenvalue weighted by Gasteiger charge is 2.13. The van der Waals surface area contributed by atoms with Crippen LogP contribution < -0.4 is 0 Å². The minimum atomic E-state index is -1.08. The first-order chi connectivity index (χ1) is 7.15. The Hall–Kier alpha value is -1.14. The van der Waals surface area contributed by atoms with Gasteiger partial charge in [-0.3, -0.25) is 0 Å². The van der Waals surface area contributed by atoms with Gasteiger partial charge in [-0.15, -0.1) is 11.8 Å². The predicted molar refractivity (Wildman–Crippen MR) is 56.0 cm³/mol. The smallest absolute Gasteiger partial charge is 0.357 e. The molecule has 2 N–H and O–H groups in total. The maximum absolute atomic E-state index is 10.8. The Balaban J connectivity index is 2.72. The number of hydrogen-bond donors (Lipinski definition) is 2. The molecule has 1 aromatic rings. The van der Waals surface area contributed by atoms with Crippen molar-refractivity contribution in [1.82, 2.24) is 9.97 Å². The number of carboxylic acids is 1. The number of hydrogen-bond acceptors (Lipinski definition) is 5. The third-order valence-electron chi connectivity index (χ3n) is 1.68. The van der Waals surface area contributed by atoms with Crippen LogP contribution in [0.4, 0.5) is 0 Å². The van der Waals surface area contributed by atoms with E-state index in [0.29, 0.717) is 10.8 Å². The van der Waals surface area contributed by atoms with Gasteiger partial charge in [0.1, 0.15) is 5.03 Å². The molecule has 1 rings (SSSR count). The second-order valence-corrected chi connectivity index (χ2v) is 4.12. The molecular formula is C9H12N2O3S. The van der Waals surface area contributed by atoms with E-state index in [-0.39, 0.29) is 18.2 Å². The lowest BCUT2D eigenvalue weighted by Crippen LogP contribution is -2.07. The molecule has 0 spiro atoms. The fraction of sp³-hybridized carbons (Fsp3) is 0.444. The van der Waals surface area contributed by atoms with E-state index in [9.17, 15) is 4.79 Å². The van der Waals surface area contributed by atoms with Crippen LogP contribution in [0, 0.1) is 5.92 Å². The monoisotopic (exact) mass is 228 g/mol. The summed E-state index contributed by atoms with van der Waals surface area (Å²) in [5, 5.41) is 18.0. The highest BCUT2D eigenvalue weighted by atomic mass is 32.2. The predicted octanol–water partition coefficient (Wildman–Crippen LogP) is 0.895. The van der Waals surface area contributed by atoms with Gasteiger partial charge in [-0.1, -0.05) is 6.92 Å². The van der Waals surface area contributed by atoms with Gasteiger partial charge in [0.25, 0.3) is 0 Å². The average molecular weight is 228 g/mol. The van der Waals surface area contributed by atoms with Crippen LogP contribution in [0.15, 0.2) is 17.4 Å². The molecule has 1 heterocycles. The zero-order valence-electron chi connectivity index (χ0n) is 8.25. The molecule has 15 heavy (non-hydrogen) atoms. The first kappa shape index (κ1) is 11.9. The lowest BCUT2D eigenvalue weighted by atomic mass is 10.2. The SMILES string of the molecule is CC(CO)CSc1nccnc1C(=O)O. The van der Waals surface area contributed by atoms with Crippen molar-refractivity contribution in [2.24, 2.45) is 5.92 Å². The van der Waals surface area contributed by atoms with Crippen LogP contribution in [0.25, 0.3) is 0 Å². The molecule has 0 saturated heterocycles. The van der Waals surface area contributed by atoms with E-state index in [2.05, 4.69) is 9.97 Å². The summed E-state index contributed by atoms with van der Waals surface area (Å²) >= 11 is 1.29. The van der Waals surface area contributed by atoms with Crippen molar-refractivity contribution in [2.75, 3.05) is 12.4 Å². The van der Waals surface area contributed by atoms with Crippen LogP contribution in [0.3, 0.4) is 0 Å². The molecule has 0 aliphatic carbocycles. The molecule has 0 saturated carbocycles. The van der Waals surface area contributed by atoms with Crippen LogP contribution in [0.2, 0.25) is 0 Å². The van der Waals surface area contributed by atoms with Crippen molar-refractivity contribution >= 4 is 17.7 Å². The summed E-state index contributed by atoms with van der Waals surface area (Å²) in [5.41, 5.74) is -0.0346. The van der Waals surface area contributed by atoms with E-state index in [1.54, 1.807) is 0 Å². The number of aliphatic hydroxyl groups excluding tert-OH is 1. The van der Waals surface area contributed by atoms with Crippen molar-refractivity contribution in [3.63, 3.8) is 0 Å². The Morgan fingerprint density at radius 2 is 2.20 bits per heavy atom. The number of nitrogens with zero attached hydrogens (tertiary/aromatic N) is 2. The van der Waals surface area contributed by atoms with Gasteiger partial charge in [-0.25, -0.2) is 14.8 Å². The zero-order valence-corrected chi connectivity index (χ0v) is 9.07. The Kier molecular flexibility index (Phi) is 4.51. The minimum absolute atomic E-state index is 0.0346. The summed E-state index contributed by atoms with van der Waals surface area (Å²) in [5.74, 6) is -0.351. The molecule has 1 unspecified atom stereocenters. The molecule has 0 radical (unpaired) electrons. The zero-order chi connectivity index (χ0) is 11.3. The summed E-state index contributed by atoms with van der Waals surface area (Å²) in [7, 11) is 0. The van der Waals surface area contributed by atoms with Gasteiger partial charge in [0.05, 0.1) is 0 Å². The lowest BCUT2D eigenvalue weighted by molar-refractivity contribution is 0.0685. The highest BCUT2D eigenvalue weighted by Crippen LogP contribution is 2.20. The van der Waals surface area contributed by atoms with Gasteiger partial charge >= 0.3 is 5.97 Å². The summed E-state index contributed by atoms with van der Waals surface area (Å²) in [6, 6.07) is 0. The highest BCUT2D eigenvalue weighted by molar-refractivity contribution is 7.99. The third-order valence-corrected chi connectivity index (χ3v) is 2.99. The number of carboxylic acid groups (broad SMARTS) is 1. The quantitative estimate of drug-likeness (QED) is 0.728. The Bertz CT molecular complexity index is 346. The molecule has 0 fully saturated rings. The molecule has 0 amide bonds. The van der Waals surface area contributed by atoms with Crippen LogP contribution in [-0.4, -0.2) is 38.5 Å². The fourth-order valence-electron chi connectivity index (χ4n) is 0.851. The maximum atomic E-state index is 10.8. The topological polar surface area (TPSA) is 83.3 Å². The van der Waals surface area contributed by atoms with Gasteiger partial charge in [0, 0.05) is 24.8 Å². The molecule has 0 aromatic carbocycles. The Morgan fingerprint density at radius 3 is 2.80 bits per heavy atom. The molecular weight excluding hydrogens is 216 g/mol. The van der Waals surface area contributed by atoms with Crippen LogP contribution >= 0.6 is 11.8 Å². The second kappa shape index (κ2) is 5.67.